The second-order valence-electron chi connectivity index (χ2n) is 7.07. The van der Waals surface area contributed by atoms with Crippen molar-refractivity contribution in [3.05, 3.63) is 87.7 Å². The summed E-state index contributed by atoms with van der Waals surface area (Å²) in [6, 6.07) is 21.7. The van der Waals surface area contributed by atoms with Crippen molar-refractivity contribution in [3.8, 4) is 11.3 Å². The van der Waals surface area contributed by atoms with Crippen molar-refractivity contribution in [3.63, 3.8) is 0 Å². The summed E-state index contributed by atoms with van der Waals surface area (Å²) >= 11 is 8.75. The van der Waals surface area contributed by atoms with Gasteiger partial charge < -0.3 is 0 Å². The second-order valence-corrected chi connectivity index (χ2v) is 9.58. The molecule has 5 heteroatoms. The van der Waals surface area contributed by atoms with Gasteiger partial charge in [-0.25, -0.2) is 4.68 Å². The van der Waals surface area contributed by atoms with E-state index >= 15 is 0 Å². The summed E-state index contributed by atoms with van der Waals surface area (Å²) in [5.41, 5.74) is 3.12. The van der Waals surface area contributed by atoms with Crippen molar-refractivity contribution in [2.45, 2.75) is 35.1 Å². The van der Waals surface area contributed by atoms with Crippen LogP contribution < -0.4 is 5.56 Å². The molecule has 0 saturated heterocycles. The van der Waals surface area contributed by atoms with Crippen LogP contribution in [0, 0.1) is 0 Å². The Bertz CT molecular complexity index is 994. The average molecular weight is 491 g/mol. The van der Waals surface area contributed by atoms with Crippen molar-refractivity contribution in [1.82, 2.24) is 9.78 Å². The number of alkyl halides is 1. The van der Waals surface area contributed by atoms with Gasteiger partial charge in [0.05, 0.1) is 11.7 Å². The summed E-state index contributed by atoms with van der Waals surface area (Å²) in [7, 11) is 0. The molecule has 0 radical (unpaired) electrons. The van der Waals surface area contributed by atoms with Gasteiger partial charge in [-0.05, 0) is 49.4 Å². The predicted molar refractivity (Wildman–Crippen MR) is 119 cm³/mol. The van der Waals surface area contributed by atoms with E-state index in [1.165, 1.54) is 5.56 Å². The van der Waals surface area contributed by atoms with Crippen LogP contribution in [0.2, 0.25) is 5.02 Å². The summed E-state index contributed by atoms with van der Waals surface area (Å²) in [6.07, 6.45) is 3.87. The van der Waals surface area contributed by atoms with Crippen LogP contribution in [0.4, 0.5) is 0 Å². The molecule has 0 aliphatic heterocycles. The lowest BCUT2D eigenvalue weighted by Crippen LogP contribution is -2.33. The van der Waals surface area contributed by atoms with E-state index in [1.54, 1.807) is 10.7 Å². The van der Waals surface area contributed by atoms with E-state index in [9.17, 15) is 4.79 Å². The van der Waals surface area contributed by atoms with E-state index in [4.69, 9.17) is 11.6 Å². The zero-order valence-electron chi connectivity index (χ0n) is 14.8. The summed E-state index contributed by atoms with van der Waals surface area (Å²) in [5, 5.41) is 5.46. The molecule has 1 saturated carbocycles. The lowest BCUT2D eigenvalue weighted by molar-refractivity contribution is 0.287. The summed E-state index contributed by atoms with van der Waals surface area (Å²) < 4.78 is 1.76. The third-order valence-electron chi connectivity index (χ3n) is 5.33. The van der Waals surface area contributed by atoms with Gasteiger partial charge in [-0.2, -0.15) is 5.10 Å². The molecule has 0 unspecified atom stereocenters. The Morgan fingerprint density at radius 2 is 1.74 bits per heavy atom. The Morgan fingerprint density at radius 1 is 1.00 bits per heavy atom. The fourth-order valence-electron chi connectivity index (χ4n) is 3.81. The molecule has 1 aromatic heterocycles. The number of benzene rings is 2. The van der Waals surface area contributed by atoms with Crippen LogP contribution in [-0.2, 0) is 3.42 Å². The number of aromatic nitrogens is 2. The standard InChI is InChI=1S/C22H20ClIN2O/c23-18-8-4-7-17(15-18)22(24)13-11-19(12-14-22)26-21(27)10-9-20(25-26)16-5-2-1-3-6-16/h1-10,15,19H,11-14H2. The fourth-order valence-corrected chi connectivity index (χ4v) is 4.96. The van der Waals surface area contributed by atoms with Gasteiger partial charge in [-0.15, -0.1) is 0 Å². The molecule has 0 bridgehead atoms. The van der Waals surface area contributed by atoms with Crippen molar-refractivity contribution in [1.29, 1.82) is 0 Å². The minimum Gasteiger partial charge on any atom is -0.268 e. The van der Waals surface area contributed by atoms with E-state index < -0.39 is 0 Å². The van der Waals surface area contributed by atoms with Gasteiger partial charge in [0.15, 0.2) is 0 Å². The molecule has 0 spiro atoms. The predicted octanol–water partition coefficient (Wildman–Crippen LogP) is 6.01. The zero-order valence-corrected chi connectivity index (χ0v) is 17.7. The first kappa shape index (κ1) is 18.7. The quantitative estimate of drug-likeness (QED) is 0.333. The molecule has 27 heavy (non-hydrogen) atoms. The second kappa shape index (κ2) is 7.76. The van der Waals surface area contributed by atoms with Gasteiger partial charge in [0.2, 0.25) is 0 Å². The normalized spacial score (nSPS) is 22.5. The minimum absolute atomic E-state index is 0.0246. The van der Waals surface area contributed by atoms with E-state index in [2.05, 4.69) is 39.8 Å². The summed E-state index contributed by atoms with van der Waals surface area (Å²) in [6.45, 7) is 0. The van der Waals surface area contributed by atoms with Crippen LogP contribution in [0.1, 0.15) is 37.3 Å². The Morgan fingerprint density at radius 3 is 2.44 bits per heavy atom. The third-order valence-corrected chi connectivity index (χ3v) is 7.27. The first-order valence-electron chi connectivity index (χ1n) is 9.15. The van der Waals surface area contributed by atoms with Crippen LogP contribution in [0.3, 0.4) is 0 Å². The molecular formula is C22H20ClIN2O. The fraction of sp³-hybridized carbons (Fsp3) is 0.273. The van der Waals surface area contributed by atoms with Crippen LogP contribution in [0.15, 0.2) is 71.5 Å². The lowest BCUT2D eigenvalue weighted by Gasteiger charge is -2.36. The lowest BCUT2D eigenvalue weighted by atomic mass is 9.81. The van der Waals surface area contributed by atoms with Gasteiger partial charge in [0, 0.05) is 20.1 Å². The van der Waals surface area contributed by atoms with Crippen LogP contribution in [0.25, 0.3) is 11.3 Å². The zero-order chi connectivity index (χ0) is 18.9. The van der Waals surface area contributed by atoms with E-state index in [0.29, 0.717) is 0 Å². The van der Waals surface area contributed by atoms with Crippen molar-refractivity contribution in [2.75, 3.05) is 0 Å². The van der Waals surface area contributed by atoms with E-state index in [0.717, 1.165) is 42.0 Å². The monoisotopic (exact) mass is 490 g/mol. The molecule has 4 rings (SSSR count). The van der Waals surface area contributed by atoms with Crippen molar-refractivity contribution >= 4 is 34.2 Å². The van der Waals surface area contributed by atoms with Crippen LogP contribution in [-0.4, -0.2) is 9.78 Å². The molecular weight excluding hydrogens is 471 g/mol. The highest BCUT2D eigenvalue weighted by molar-refractivity contribution is 14.1. The minimum atomic E-state index is -0.0246. The first-order valence-corrected chi connectivity index (χ1v) is 10.6. The van der Waals surface area contributed by atoms with Gasteiger partial charge in [0.25, 0.3) is 5.56 Å². The van der Waals surface area contributed by atoms with Crippen LogP contribution >= 0.6 is 34.2 Å². The topological polar surface area (TPSA) is 34.9 Å². The molecule has 138 valence electrons. The smallest absolute Gasteiger partial charge is 0.267 e. The maximum Gasteiger partial charge on any atom is 0.267 e. The van der Waals surface area contributed by atoms with Crippen molar-refractivity contribution in [2.24, 2.45) is 0 Å². The highest BCUT2D eigenvalue weighted by atomic mass is 127. The molecule has 3 aromatic rings. The first-order chi connectivity index (χ1) is 13.0. The SMILES string of the molecule is O=c1ccc(-c2ccccc2)nn1C1CCC(I)(c2cccc(Cl)c2)CC1. The molecule has 0 amide bonds. The number of nitrogens with zero attached hydrogens (tertiary/aromatic N) is 2. The molecule has 1 aliphatic carbocycles. The van der Waals surface area contributed by atoms with E-state index in [1.807, 2.05) is 48.5 Å². The number of hydrogen-bond donors (Lipinski definition) is 0. The highest BCUT2D eigenvalue weighted by Gasteiger charge is 2.35. The molecule has 1 fully saturated rings. The molecule has 2 aromatic carbocycles. The molecule has 1 aliphatic rings. The third kappa shape index (κ3) is 3.97. The van der Waals surface area contributed by atoms with Gasteiger partial charge >= 0.3 is 0 Å². The van der Waals surface area contributed by atoms with Gasteiger partial charge in [-0.3, -0.25) is 4.79 Å². The Labute approximate surface area is 177 Å². The van der Waals surface area contributed by atoms with Gasteiger partial charge in [-0.1, -0.05) is 76.7 Å². The number of halogens is 2. The molecule has 3 nitrogen and oxygen atoms in total. The molecule has 0 atom stereocenters. The average Bonchev–Trinajstić information content (AvgIpc) is 2.70. The Hall–Kier alpha value is -1.66. The largest absolute Gasteiger partial charge is 0.268 e. The van der Waals surface area contributed by atoms with Crippen molar-refractivity contribution < 1.29 is 0 Å². The number of hydrogen-bond acceptors (Lipinski definition) is 2. The Balaban J connectivity index is 1.57. The maximum absolute atomic E-state index is 12.5. The van der Waals surface area contributed by atoms with Gasteiger partial charge in [0.1, 0.15) is 0 Å². The molecule has 0 N–H and O–H groups in total. The summed E-state index contributed by atoms with van der Waals surface area (Å²) in [4.78, 5) is 12.5. The number of rotatable bonds is 3. The maximum atomic E-state index is 12.5. The molecule has 1 heterocycles. The summed E-state index contributed by atoms with van der Waals surface area (Å²) in [5.74, 6) is 0. The Kier molecular flexibility index (Phi) is 5.37. The van der Waals surface area contributed by atoms with E-state index in [-0.39, 0.29) is 15.0 Å². The van der Waals surface area contributed by atoms with Crippen LogP contribution in [0.5, 0.6) is 0 Å². The highest BCUT2D eigenvalue weighted by Crippen LogP contribution is 2.48.